The van der Waals surface area contributed by atoms with E-state index in [0.717, 1.165) is 10.8 Å². The predicted octanol–water partition coefficient (Wildman–Crippen LogP) is 2.84. The maximum absolute atomic E-state index is 12.1. The number of anilines is 1. The molecule has 8 nitrogen and oxygen atoms in total. The fourth-order valence-electron chi connectivity index (χ4n) is 3.00. The van der Waals surface area contributed by atoms with Gasteiger partial charge in [0.05, 0.1) is 11.0 Å². The lowest BCUT2D eigenvalue weighted by molar-refractivity contribution is -0.384. The standard InChI is InChI=1S/C21H19N3O5/c1-13-9-10-17(18(11-13)24(28)29)23-21(27)20(26)22-12-19(25)16-8-4-6-14-5-2-3-7-15(14)16/h2-11,19,25H,12H2,1H3,(H,22,26)(H,23,27). The van der Waals surface area contributed by atoms with Gasteiger partial charge in [-0.3, -0.25) is 19.7 Å². The molecule has 1 atom stereocenters. The van der Waals surface area contributed by atoms with Crippen LogP contribution in [0.3, 0.4) is 0 Å². The van der Waals surface area contributed by atoms with Crippen LogP contribution >= 0.6 is 0 Å². The van der Waals surface area contributed by atoms with E-state index < -0.39 is 22.8 Å². The number of fused-ring (bicyclic) bond motifs is 1. The van der Waals surface area contributed by atoms with Crippen molar-refractivity contribution in [1.29, 1.82) is 0 Å². The number of nitro benzene ring substituents is 1. The number of nitrogens with one attached hydrogen (secondary N) is 2. The highest BCUT2D eigenvalue weighted by molar-refractivity contribution is 6.39. The van der Waals surface area contributed by atoms with E-state index in [1.807, 2.05) is 30.3 Å². The number of aliphatic hydroxyl groups excluding tert-OH is 1. The molecule has 148 valence electrons. The Labute approximate surface area is 166 Å². The lowest BCUT2D eigenvalue weighted by Crippen LogP contribution is -2.37. The Morgan fingerprint density at radius 3 is 2.55 bits per heavy atom. The summed E-state index contributed by atoms with van der Waals surface area (Å²) in [6.45, 7) is 1.50. The van der Waals surface area contributed by atoms with Gasteiger partial charge in [-0.05, 0) is 34.9 Å². The van der Waals surface area contributed by atoms with Gasteiger partial charge in [-0.15, -0.1) is 0 Å². The van der Waals surface area contributed by atoms with Crippen molar-refractivity contribution in [1.82, 2.24) is 5.32 Å². The first-order valence-corrected chi connectivity index (χ1v) is 8.87. The molecule has 0 saturated heterocycles. The molecule has 3 aromatic rings. The van der Waals surface area contributed by atoms with Gasteiger partial charge < -0.3 is 15.7 Å². The van der Waals surface area contributed by atoms with Gasteiger partial charge in [0.25, 0.3) is 5.69 Å². The molecule has 0 fully saturated rings. The Morgan fingerprint density at radius 1 is 1.07 bits per heavy atom. The van der Waals surface area contributed by atoms with Gasteiger partial charge in [-0.25, -0.2) is 0 Å². The van der Waals surface area contributed by atoms with Crippen LogP contribution in [0.25, 0.3) is 10.8 Å². The number of aryl methyl sites for hydroxylation is 1. The van der Waals surface area contributed by atoms with Crippen LogP contribution < -0.4 is 10.6 Å². The lowest BCUT2D eigenvalue weighted by Gasteiger charge is -2.14. The highest BCUT2D eigenvalue weighted by atomic mass is 16.6. The van der Waals surface area contributed by atoms with Crippen molar-refractivity contribution in [3.05, 3.63) is 81.9 Å². The minimum Gasteiger partial charge on any atom is -0.387 e. The first-order chi connectivity index (χ1) is 13.9. The number of amides is 2. The fourth-order valence-corrected chi connectivity index (χ4v) is 3.00. The number of aliphatic hydroxyl groups is 1. The van der Waals surface area contributed by atoms with Crippen LogP contribution in [-0.4, -0.2) is 28.4 Å². The minimum absolute atomic E-state index is 0.0737. The second kappa shape index (κ2) is 8.49. The van der Waals surface area contributed by atoms with Gasteiger partial charge >= 0.3 is 11.8 Å². The summed E-state index contributed by atoms with van der Waals surface area (Å²) < 4.78 is 0. The van der Waals surface area contributed by atoms with Crippen molar-refractivity contribution < 1.29 is 19.6 Å². The zero-order valence-corrected chi connectivity index (χ0v) is 15.6. The number of rotatable bonds is 5. The molecule has 0 spiro atoms. The summed E-state index contributed by atoms with van der Waals surface area (Å²) in [7, 11) is 0. The summed E-state index contributed by atoms with van der Waals surface area (Å²) >= 11 is 0. The summed E-state index contributed by atoms with van der Waals surface area (Å²) in [5.74, 6) is -2.05. The maximum atomic E-state index is 12.1. The number of nitro groups is 1. The largest absolute Gasteiger partial charge is 0.387 e. The first kappa shape index (κ1) is 20.0. The average molecular weight is 393 g/mol. The molecule has 0 aliphatic heterocycles. The third-order valence-corrected chi connectivity index (χ3v) is 4.44. The highest BCUT2D eigenvalue weighted by Crippen LogP contribution is 2.25. The molecular formula is C21H19N3O5. The van der Waals surface area contributed by atoms with Gasteiger partial charge in [0, 0.05) is 12.6 Å². The molecule has 0 aromatic heterocycles. The summed E-state index contributed by atoms with van der Waals surface area (Å²) in [5.41, 5.74) is 0.896. The summed E-state index contributed by atoms with van der Waals surface area (Å²) in [6, 6.07) is 17.2. The lowest BCUT2D eigenvalue weighted by atomic mass is 10.0. The van der Waals surface area contributed by atoms with Crippen LogP contribution in [0.5, 0.6) is 0 Å². The fraction of sp³-hybridized carbons (Fsp3) is 0.143. The summed E-state index contributed by atoms with van der Waals surface area (Å²) in [5, 5.41) is 28.0. The van der Waals surface area contributed by atoms with Crippen molar-refractivity contribution in [2.75, 3.05) is 11.9 Å². The molecule has 2 amide bonds. The van der Waals surface area contributed by atoms with Crippen molar-refractivity contribution in [3.8, 4) is 0 Å². The number of hydrogen-bond acceptors (Lipinski definition) is 5. The van der Waals surface area contributed by atoms with E-state index in [1.165, 1.54) is 12.1 Å². The van der Waals surface area contributed by atoms with E-state index >= 15 is 0 Å². The quantitative estimate of drug-likeness (QED) is 0.350. The predicted molar refractivity (Wildman–Crippen MR) is 108 cm³/mol. The number of carbonyl (C=O) groups excluding carboxylic acids is 2. The molecule has 0 radical (unpaired) electrons. The summed E-state index contributed by atoms with van der Waals surface area (Å²) in [6.07, 6.45) is -1.02. The normalized spacial score (nSPS) is 11.7. The van der Waals surface area contributed by atoms with Crippen LogP contribution in [0.4, 0.5) is 11.4 Å². The molecule has 0 bridgehead atoms. The number of hydrogen-bond donors (Lipinski definition) is 3. The molecule has 0 saturated carbocycles. The smallest absolute Gasteiger partial charge is 0.313 e. The van der Waals surface area contributed by atoms with E-state index in [1.54, 1.807) is 25.1 Å². The molecule has 8 heteroatoms. The molecule has 3 aromatic carbocycles. The van der Waals surface area contributed by atoms with Crippen LogP contribution in [-0.2, 0) is 9.59 Å². The molecule has 0 aliphatic carbocycles. The Balaban J connectivity index is 1.66. The van der Waals surface area contributed by atoms with Crippen molar-refractivity contribution in [2.24, 2.45) is 0 Å². The van der Waals surface area contributed by atoms with Gasteiger partial charge in [-0.1, -0.05) is 48.5 Å². The van der Waals surface area contributed by atoms with Crippen LogP contribution in [0.15, 0.2) is 60.7 Å². The second-order valence-corrected chi connectivity index (χ2v) is 6.53. The Morgan fingerprint density at radius 2 is 1.79 bits per heavy atom. The average Bonchev–Trinajstić information content (AvgIpc) is 2.72. The van der Waals surface area contributed by atoms with Crippen molar-refractivity contribution in [3.63, 3.8) is 0 Å². The molecule has 29 heavy (non-hydrogen) atoms. The van der Waals surface area contributed by atoms with E-state index in [2.05, 4.69) is 10.6 Å². The molecular weight excluding hydrogens is 374 g/mol. The number of nitrogens with zero attached hydrogens (tertiary/aromatic N) is 1. The minimum atomic E-state index is -1.05. The molecule has 0 heterocycles. The second-order valence-electron chi connectivity index (χ2n) is 6.53. The Kier molecular flexibility index (Phi) is 5.85. The monoisotopic (exact) mass is 393 g/mol. The van der Waals surface area contributed by atoms with E-state index in [-0.39, 0.29) is 17.9 Å². The Hall–Kier alpha value is -3.78. The molecule has 1 unspecified atom stereocenters. The van der Waals surface area contributed by atoms with Crippen LogP contribution in [0, 0.1) is 17.0 Å². The van der Waals surface area contributed by atoms with Gasteiger partial charge in [0.1, 0.15) is 5.69 Å². The van der Waals surface area contributed by atoms with Crippen molar-refractivity contribution >= 4 is 34.0 Å². The number of carbonyl (C=O) groups is 2. The van der Waals surface area contributed by atoms with E-state index in [9.17, 15) is 24.8 Å². The van der Waals surface area contributed by atoms with Crippen LogP contribution in [0.2, 0.25) is 0 Å². The van der Waals surface area contributed by atoms with Crippen LogP contribution in [0.1, 0.15) is 17.2 Å². The topological polar surface area (TPSA) is 122 Å². The summed E-state index contributed by atoms with van der Waals surface area (Å²) in [4.78, 5) is 34.7. The van der Waals surface area contributed by atoms with Gasteiger partial charge in [0.2, 0.25) is 0 Å². The third-order valence-electron chi connectivity index (χ3n) is 4.44. The first-order valence-electron chi connectivity index (χ1n) is 8.87. The molecule has 3 rings (SSSR count). The zero-order chi connectivity index (χ0) is 21.0. The third kappa shape index (κ3) is 4.56. The highest BCUT2D eigenvalue weighted by Gasteiger charge is 2.21. The molecule has 3 N–H and O–H groups in total. The van der Waals surface area contributed by atoms with Gasteiger partial charge in [-0.2, -0.15) is 0 Å². The SMILES string of the molecule is Cc1ccc(NC(=O)C(=O)NCC(O)c2cccc3ccccc23)c([N+](=O)[O-])c1. The maximum Gasteiger partial charge on any atom is 0.313 e. The molecule has 0 aliphatic rings. The van der Waals surface area contributed by atoms with E-state index in [4.69, 9.17) is 0 Å². The Bertz CT molecular complexity index is 1090. The number of benzene rings is 3. The van der Waals surface area contributed by atoms with Crippen molar-refractivity contribution in [2.45, 2.75) is 13.0 Å². The van der Waals surface area contributed by atoms with Gasteiger partial charge in [0.15, 0.2) is 0 Å². The zero-order valence-electron chi connectivity index (χ0n) is 15.6. The van der Waals surface area contributed by atoms with E-state index in [0.29, 0.717) is 11.1 Å².